The van der Waals surface area contributed by atoms with E-state index in [1.54, 1.807) is 6.07 Å². The molecule has 0 aliphatic heterocycles. The number of ether oxygens (including phenoxy) is 1. The first-order valence-corrected chi connectivity index (χ1v) is 7.42. The minimum Gasteiger partial charge on any atom is -0.444 e. The highest BCUT2D eigenvalue weighted by Crippen LogP contribution is 2.32. The Hall–Kier alpha value is -2.80. The predicted molar refractivity (Wildman–Crippen MR) is 87.7 cm³/mol. The van der Waals surface area contributed by atoms with Crippen molar-refractivity contribution in [1.82, 2.24) is 10.3 Å². The van der Waals surface area contributed by atoms with Gasteiger partial charge in [-0.25, -0.2) is 0 Å². The van der Waals surface area contributed by atoms with Crippen LogP contribution in [-0.4, -0.2) is 23.9 Å². The first-order valence-electron chi connectivity index (χ1n) is 6.54. The molecule has 0 saturated heterocycles. The van der Waals surface area contributed by atoms with E-state index in [0.29, 0.717) is 11.4 Å². The van der Waals surface area contributed by atoms with E-state index in [1.807, 2.05) is 35.7 Å². The molecule has 0 unspecified atom stereocenters. The minimum atomic E-state index is -0.346. The molecule has 6 nitrogen and oxygen atoms in total. The lowest BCUT2D eigenvalue weighted by molar-refractivity contribution is 0.0972. The summed E-state index contributed by atoms with van der Waals surface area (Å²) in [5.41, 5.74) is 6.66. The second kappa shape index (κ2) is 5.90. The van der Waals surface area contributed by atoms with Gasteiger partial charge in [0.25, 0.3) is 5.91 Å². The lowest BCUT2D eigenvalue weighted by Gasteiger charge is -2.04. The monoisotopic (exact) mass is 314 g/mol. The predicted octanol–water partition coefficient (Wildman–Crippen LogP) is 2.70. The molecule has 0 fully saturated rings. The largest absolute Gasteiger partial charge is 0.444 e. The Morgan fingerprint density at radius 2 is 2.23 bits per heavy atom. The zero-order chi connectivity index (χ0) is 15.5. The van der Waals surface area contributed by atoms with Crippen LogP contribution >= 0.6 is 11.3 Å². The van der Waals surface area contributed by atoms with Gasteiger partial charge in [0, 0.05) is 12.4 Å². The number of nitrogens with zero attached hydrogens (tertiary/aromatic N) is 1. The molecule has 0 aliphatic carbocycles. The van der Waals surface area contributed by atoms with Crippen molar-refractivity contribution in [3.05, 3.63) is 47.5 Å². The molecule has 3 aromatic rings. The number of amides is 1. The van der Waals surface area contributed by atoms with Crippen LogP contribution < -0.4 is 15.8 Å². The fourth-order valence-corrected chi connectivity index (χ4v) is 2.59. The maximum Gasteiger partial charge on any atom is 0.274 e. The number of H-pyrrole nitrogens is 1. The molecule has 0 atom stereocenters. The molecule has 1 amide bonds. The highest BCUT2D eigenvalue weighted by atomic mass is 32.1. The van der Waals surface area contributed by atoms with Crippen LogP contribution in [0, 0.1) is 0 Å². The molecule has 4 N–H and O–H groups in total. The van der Waals surface area contributed by atoms with Gasteiger partial charge in [-0.2, -0.15) is 0 Å². The summed E-state index contributed by atoms with van der Waals surface area (Å²) in [5, 5.41) is 6.10. The highest BCUT2D eigenvalue weighted by Gasteiger charge is 2.13. The van der Waals surface area contributed by atoms with Crippen molar-refractivity contribution >= 4 is 34.1 Å². The van der Waals surface area contributed by atoms with E-state index in [4.69, 9.17) is 10.5 Å². The minimum absolute atomic E-state index is 0.0683. The van der Waals surface area contributed by atoms with E-state index in [0.717, 1.165) is 16.0 Å². The number of hydrogen-bond donors (Lipinski definition) is 3. The SMILES string of the molecule is CN=C(N)NC(=O)c1cc2cccc(Oc3cccs3)c2[nH]1. The second-order valence-electron chi connectivity index (χ2n) is 4.50. The van der Waals surface area contributed by atoms with Gasteiger partial charge in [0.1, 0.15) is 5.69 Å². The molecule has 0 radical (unpaired) electrons. The van der Waals surface area contributed by atoms with E-state index in [9.17, 15) is 4.79 Å². The van der Waals surface area contributed by atoms with Crippen molar-refractivity contribution in [3.63, 3.8) is 0 Å². The maximum atomic E-state index is 12.1. The first kappa shape index (κ1) is 14.2. The molecule has 3 rings (SSSR count). The van der Waals surface area contributed by atoms with Gasteiger partial charge >= 0.3 is 0 Å². The molecule has 112 valence electrons. The summed E-state index contributed by atoms with van der Waals surface area (Å²) < 4.78 is 5.83. The van der Waals surface area contributed by atoms with Gasteiger partial charge in [0.15, 0.2) is 16.8 Å². The Bertz CT molecular complexity index is 836. The molecule has 0 spiro atoms. The zero-order valence-corrected chi connectivity index (χ0v) is 12.6. The van der Waals surface area contributed by atoms with Crippen molar-refractivity contribution in [2.24, 2.45) is 10.7 Å². The number of benzene rings is 1. The van der Waals surface area contributed by atoms with E-state index in [2.05, 4.69) is 15.3 Å². The molecule has 0 aliphatic rings. The van der Waals surface area contributed by atoms with Crippen molar-refractivity contribution in [2.75, 3.05) is 7.05 Å². The summed E-state index contributed by atoms with van der Waals surface area (Å²) in [7, 11) is 1.51. The summed E-state index contributed by atoms with van der Waals surface area (Å²) in [5.74, 6) is 0.385. The van der Waals surface area contributed by atoms with Gasteiger partial charge < -0.3 is 15.5 Å². The number of guanidine groups is 1. The number of thiophene rings is 1. The summed E-state index contributed by atoms with van der Waals surface area (Å²) in [6.07, 6.45) is 0. The maximum absolute atomic E-state index is 12.1. The van der Waals surface area contributed by atoms with Gasteiger partial charge in [-0.15, -0.1) is 11.3 Å². The first-order chi connectivity index (χ1) is 10.7. The number of aliphatic imine (C=N–C) groups is 1. The Balaban J connectivity index is 1.94. The van der Waals surface area contributed by atoms with Crippen LogP contribution in [0.15, 0.2) is 46.8 Å². The Kier molecular flexibility index (Phi) is 3.80. The summed E-state index contributed by atoms with van der Waals surface area (Å²) >= 11 is 1.50. The molecule has 1 aromatic carbocycles. The Labute approximate surface area is 130 Å². The third-order valence-electron chi connectivity index (χ3n) is 3.05. The fourth-order valence-electron chi connectivity index (χ4n) is 2.01. The van der Waals surface area contributed by atoms with E-state index in [1.165, 1.54) is 18.4 Å². The number of rotatable bonds is 3. The van der Waals surface area contributed by atoms with Gasteiger partial charge in [0.2, 0.25) is 0 Å². The van der Waals surface area contributed by atoms with E-state index >= 15 is 0 Å². The standard InChI is InChI=1S/C15H14N4O2S/c1-17-15(16)19-14(20)10-8-9-4-2-5-11(13(9)18-10)21-12-6-3-7-22-12/h2-8,18H,1H3,(H3,16,17,19,20). The van der Waals surface area contributed by atoms with Gasteiger partial charge in [-0.3, -0.25) is 15.1 Å². The molecule has 0 bridgehead atoms. The number of carbonyl (C=O) groups is 1. The molecular weight excluding hydrogens is 300 g/mol. The lowest BCUT2D eigenvalue weighted by Crippen LogP contribution is -2.36. The number of aromatic amines is 1. The van der Waals surface area contributed by atoms with Crippen LogP contribution in [0.3, 0.4) is 0 Å². The number of hydrogen-bond acceptors (Lipinski definition) is 4. The number of carbonyl (C=O) groups excluding carboxylic acids is 1. The van der Waals surface area contributed by atoms with Crippen LogP contribution in [0.5, 0.6) is 10.8 Å². The average Bonchev–Trinajstić information content (AvgIpc) is 3.16. The van der Waals surface area contributed by atoms with Crippen molar-refractivity contribution in [2.45, 2.75) is 0 Å². The van der Waals surface area contributed by atoms with Gasteiger partial charge in [-0.05, 0) is 29.6 Å². The third kappa shape index (κ3) is 2.79. The summed E-state index contributed by atoms with van der Waals surface area (Å²) in [6, 6.07) is 11.2. The zero-order valence-electron chi connectivity index (χ0n) is 11.8. The number of fused-ring (bicyclic) bond motifs is 1. The van der Waals surface area contributed by atoms with Crippen LogP contribution in [0.1, 0.15) is 10.5 Å². The van der Waals surface area contributed by atoms with Crippen molar-refractivity contribution < 1.29 is 9.53 Å². The lowest BCUT2D eigenvalue weighted by atomic mass is 10.2. The Morgan fingerprint density at radius 3 is 2.95 bits per heavy atom. The average molecular weight is 314 g/mol. The van der Waals surface area contributed by atoms with E-state index < -0.39 is 0 Å². The molecule has 0 saturated carbocycles. The van der Waals surface area contributed by atoms with Gasteiger partial charge in [0.05, 0.1) is 5.52 Å². The fraction of sp³-hybridized carbons (Fsp3) is 0.0667. The number of nitrogens with one attached hydrogen (secondary N) is 2. The molecule has 2 heterocycles. The molecule has 2 aromatic heterocycles. The summed E-state index contributed by atoms with van der Waals surface area (Å²) in [6.45, 7) is 0. The van der Waals surface area contributed by atoms with Crippen LogP contribution in [0.25, 0.3) is 10.9 Å². The van der Waals surface area contributed by atoms with Crippen LogP contribution in [0.2, 0.25) is 0 Å². The number of para-hydroxylation sites is 1. The second-order valence-corrected chi connectivity index (χ2v) is 5.41. The third-order valence-corrected chi connectivity index (χ3v) is 3.80. The molecular formula is C15H14N4O2S. The molecule has 7 heteroatoms. The van der Waals surface area contributed by atoms with E-state index in [-0.39, 0.29) is 11.9 Å². The smallest absolute Gasteiger partial charge is 0.274 e. The quantitative estimate of drug-likeness (QED) is 0.512. The topological polar surface area (TPSA) is 92.5 Å². The van der Waals surface area contributed by atoms with Crippen molar-refractivity contribution in [3.8, 4) is 10.8 Å². The molecule has 22 heavy (non-hydrogen) atoms. The highest BCUT2D eigenvalue weighted by molar-refractivity contribution is 7.11. The number of aromatic nitrogens is 1. The Morgan fingerprint density at radius 1 is 1.36 bits per heavy atom. The summed E-state index contributed by atoms with van der Waals surface area (Å²) in [4.78, 5) is 18.8. The van der Waals surface area contributed by atoms with Crippen molar-refractivity contribution in [1.29, 1.82) is 0 Å². The normalized spacial score (nSPS) is 11.6. The van der Waals surface area contributed by atoms with Gasteiger partial charge in [-0.1, -0.05) is 12.1 Å². The van der Waals surface area contributed by atoms with Crippen LogP contribution in [-0.2, 0) is 0 Å². The number of nitrogens with two attached hydrogens (primary N) is 1. The van der Waals surface area contributed by atoms with Crippen LogP contribution in [0.4, 0.5) is 0 Å².